The van der Waals surface area contributed by atoms with E-state index in [0.29, 0.717) is 22.3 Å². The number of aromatic nitrogens is 3. The second-order valence-corrected chi connectivity index (χ2v) is 7.14. The van der Waals surface area contributed by atoms with Crippen molar-refractivity contribution < 1.29 is 13.6 Å². The summed E-state index contributed by atoms with van der Waals surface area (Å²) in [6, 6.07) is 3.66. The second kappa shape index (κ2) is 5.65. The number of hydrogen-bond donors (Lipinski definition) is 1. The summed E-state index contributed by atoms with van der Waals surface area (Å²) < 4.78 is 27.7. The summed E-state index contributed by atoms with van der Waals surface area (Å²) in [4.78, 5) is 21.0. The van der Waals surface area contributed by atoms with Gasteiger partial charge in [-0.1, -0.05) is 11.6 Å². The van der Waals surface area contributed by atoms with Crippen LogP contribution in [0.25, 0.3) is 11.2 Å². The Labute approximate surface area is 142 Å². The van der Waals surface area contributed by atoms with E-state index in [4.69, 9.17) is 11.6 Å². The van der Waals surface area contributed by atoms with Crippen LogP contribution < -0.4 is 5.32 Å². The Morgan fingerprint density at radius 1 is 1.33 bits per heavy atom. The third-order valence-corrected chi connectivity index (χ3v) is 5.05. The number of rotatable bonds is 4. The zero-order valence-corrected chi connectivity index (χ0v) is 13.7. The van der Waals surface area contributed by atoms with Gasteiger partial charge in [-0.05, 0) is 37.3 Å². The van der Waals surface area contributed by atoms with Crippen LogP contribution in [-0.2, 0) is 4.79 Å². The number of imidazole rings is 1. The molecule has 0 aliphatic heterocycles. The van der Waals surface area contributed by atoms with Gasteiger partial charge < -0.3 is 0 Å². The molecule has 24 heavy (non-hydrogen) atoms. The summed E-state index contributed by atoms with van der Waals surface area (Å²) >= 11 is 5.98. The number of amides is 1. The van der Waals surface area contributed by atoms with Crippen LogP contribution in [0, 0.1) is 5.92 Å². The Kier molecular flexibility index (Phi) is 3.71. The van der Waals surface area contributed by atoms with E-state index in [9.17, 15) is 13.6 Å². The molecule has 2 aromatic heterocycles. The van der Waals surface area contributed by atoms with Gasteiger partial charge in [0.25, 0.3) is 0 Å². The summed E-state index contributed by atoms with van der Waals surface area (Å²) in [5, 5.41) is 3.15. The van der Waals surface area contributed by atoms with E-state index >= 15 is 0 Å². The molecule has 0 spiro atoms. The number of pyridine rings is 1. The van der Waals surface area contributed by atoms with Gasteiger partial charge in [-0.3, -0.25) is 14.7 Å². The summed E-state index contributed by atoms with van der Waals surface area (Å²) in [6.07, 6.45) is 2.79. The minimum atomic E-state index is -2.61. The van der Waals surface area contributed by atoms with E-state index in [1.165, 1.54) is 0 Å². The smallest absolute Gasteiger partial charge is 0.248 e. The average molecular weight is 355 g/mol. The molecule has 0 unspecified atom stereocenters. The highest BCUT2D eigenvalue weighted by molar-refractivity contribution is 6.29. The lowest BCUT2D eigenvalue weighted by Gasteiger charge is -2.34. The first kappa shape index (κ1) is 15.7. The molecule has 2 aliphatic carbocycles. The van der Waals surface area contributed by atoms with Crippen LogP contribution in [0.3, 0.4) is 0 Å². The second-order valence-electron chi connectivity index (χ2n) is 6.75. The Hall–Kier alpha value is -1.76. The van der Waals surface area contributed by atoms with Gasteiger partial charge in [0, 0.05) is 25.3 Å². The summed E-state index contributed by atoms with van der Waals surface area (Å²) in [6.45, 7) is 0. The van der Waals surface area contributed by atoms with Crippen molar-refractivity contribution in [2.24, 2.45) is 5.92 Å². The third kappa shape index (κ3) is 2.85. The van der Waals surface area contributed by atoms with Crippen molar-refractivity contribution in [1.29, 1.82) is 0 Å². The van der Waals surface area contributed by atoms with E-state index in [2.05, 4.69) is 15.3 Å². The maximum Gasteiger partial charge on any atom is 0.248 e. The summed E-state index contributed by atoms with van der Waals surface area (Å²) in [5.74, 6) is -2.71. The van der Waals surface area contributed by atoms with Gasteiger partial charge in [0.15, 0.2) is 5.65 Å². The topological polar surface area (TPSA) is 59.8 Å². The molecule has 2 heterocycles. The van der Waals surface area contributed by atoms with Crippen LogP contribution in [0.1, 0.15) is 44.6 Å². The van der Waals surface area contributed by atoms with Crippen LogP contribution >= 0.6 is 11.6 Å². The first-order valence-corrected chi connectivity index (χ1v) is 8.51. The Morgan fingerprint density at radius 3 is 2.71 bits per heavy atom. The van der Waals surface area contributed by atoms with Crippen LogP contribution in [0.4, 0.5) is 14.7 Å². The van der Waals surface area contributed by atoms with Crippen molar-refractivity contribution in [2.75, 3.05) is 5.32 Å². The van der Waals surface area contributed by atoms with Crippen molar-refractivity contribution >= 4 is 34.6 Å². The van der Waals surface area contributed by atoms with Crippen molar-refractivity contribution in [3.05, 3.63) is 17.3 Å². The number of nitrogens with zero attached hydrogens (tertiary/aromatic N) is 3. The molecule has 5 nitrogen and oxygen atoms in total. The number of fused-ring (bicyclic) bond motifs is 1. The molecule has 0 aromatic carbocycles. The van der Waals surface area contributed by atoms with Gasteiger partial charge in [0.05, 0.1) is 0 Å². The Bertz CT molecular complexity index is 795. The molecular formula is C16H17ClF2N4O. The fraction of sp³-hybridized carbons (Fsp3) is 0.562. The minimum absolute atomic E-state index is 0.0949. The minimum Gasteiger partial charge on any atom is -0.296 e. The van der Waals surface area contributed by atoms with Crippen LogP contribution in [0.15, 0.2) is 12.1 Å². The van der Waals surface area contributed by atoms with Crippen LogP contribution in [0.5, 0.6) is 0 Å². The van der Waals surface area contributed by atoms with E-state index in [1.807, 2.05) is 4.57 Å². The number of halogens is 3. The fourth-order valence-electron chi connectivity index (χ4n) is 3.40. The predicted molar refractivity (Wildman–Crippen MR) is 86.3 cm³/mol. The van der Waals surface area contributed by atoms with Gasteiger partial charge in [-0.2, -0.15) is 0 Å². The van der Waals surface area contributed by atoms with Gasteiger partial charge in [-0.15, -0.1) is 0 Å². The largest absolute Gasteiger partial charge is 0.296 e. The van der Waals surface area contributed by atoms with Crippen LogP contribution in [-0.4, -0.2) is 26.4 Å². The molecule has 0 saturated heterocycles. The normalized spacial score (nSPS) is 20.6. The molecule has 4 rings (SSSR count). The first-order valence-electron chi connectivity index (χ1n) is 8.13. The zero-order valence-electron chi connectivity index (χ0n) is 12.9. The molecule has 2 aliphatic rings. The third-order valence-electron chi connectivity index (χ3n) is 4.84. The van der Waals surface area contributed by atoms with Gasteiger partial charge in [-0.25, -0.2) is 18.7 Å². The number of anilines is 1. The molecule has 2 aromatic rings. The van der Waals surface area contributed by atoms with Crippen LogP contribution in [0.2, 0.25) is 5.15 Å². The number of carbonyl (C=O) groups is 1. The molecule has 2 saturated carbocycles. The number of nitrogens with one attached hydrogen (secondary N) is 1. The Balaban J connectivity index is 1.56. The quantitative estimate of drug-likeness (QED) is 0.838. The first-order chi connectivity index (χ1) is 11.4. The average Bonchev–Trinajstić information content (AvgIpc) is 2.73. The zero-order chi connectivity index (χ0) is 16.9. The van der Waals surface area contributed by atoms with E-state index in [0.717, 1.165) is 19.3 Å². The van der Waals surface area contributed by atoms with Gasteiger partial charge in [0.1, 0.15) is 10.7 Å². The highest BCUT2D eigenvalue weighted by Crippen LogP contribution is 2.44. The monoisotopic (exact) mass is 354 g/mol. The fourth-order valence-corrected chi connectivity index (χ4v) is 3.54. The number of alkyl halides is 2. The highest BCUT2D eigenvalue weighted by Gasteiger charge is 2.45. The molecule has 0 bridgehead atoms. The SMILES string of the molecule is O=C(CC1CC(F)(F)C1)Nc1nc2ccc(Cl)nc2n1C1CCC1. The summed E-state index contributed by atoms with van der Waals surface area (Å²) in [5.41, 5.74) is 1.31. The lowest BCUT2D eigenvalue weighted by Crippen LogP contribution is -2.37. The van der Waals surface area contributed by atoms with Crippen molar-refractivity contribution in [3.63, 3.8) is 0 Å². The molecule has 1 N–H and O–H groups in total. The molecule has 2 fully saturated rings. The predicted octanol–water partition coefficient (Wildman–Crippen LogP) is 4.18. The maximum absolute atomic E-state index is 12.9. The number of hydrogen-bond acceptors (Lipinski definition) is 3. The molecule has 128 valence electrons. The van der Waals surface area contributed by atoms with Gasteiger partial charge >= 0.3 is 0 Å². The molecular weight excluding hydrogens is 338 g/mol. The van der Waals surface area contributed by atoms with Crippen molar-refractivity contribution in [2.45, 2.75) is 50.5 Å². The van der Waals surface area contributed by atoms with E-state index in [-0.39, 0.29) is 37.1 Å². The molecule has 8 heteroatoms. The van der Waals surface area contributed by atoms with Gasteiger partial charge in [0.2, 0.25) is 17.8 Å². The lowest BCUT2D eigenvalue weighted by molar-refractivity contribution is -0.129. The number of carbonyl (C=O) groups excluding carboxylic acids is 1. The van der Waals surface area contributed by atoms with E-state index < -0.39 is 5.92 Å². The van der Waals surface area contributed by atoms with Crippen molar-refractivity contribution in [1.82, 2.24) is 14.5 Å². The Morgan fingerprint density at radius 2 is 2.08 bits per heavy atom. The molecule has 0 radical (unpaired) electrons. The molecule has 0 atom stereocenters. The lowest BCUT2D eigenvalue weighted by atomic mass is 9.79. The molecule has 1 amide bonds. The van der Waals surface area contributed by atoms with Crippen molar-refractivity contribution in [3.8, 4) is 0 Å². The maximum atomic E-state index is 12.9. The standard InChI is InChI=1S/C16H17ClF2N4O/c17-12-5-4-11-14(21-12)23(10-2-1-3-10)15(20-11)22-13(24)6-9-7-16(18,19)8-9/h4-5,9-10H,1-3,6-8H2,(H,20,22,24). The van der Waals surface area contributed by atoms with E-state index in [1.54, 1.807) is 12.1 Å². The highest BCUT2D eigenvalue weighted by atomic mass is 35.5. The summed E-state index contributed by atoms with van der Waals surface area (Å²) in [7, 11) is 0.